The second kappa shape index (κ2) is 5.03. The Morgan fingerprint density at radius 3 is 3.10 bits per heavy atom. The van der Waals surface area contributed by atoms with E-state index in [0.29, 0.717) is 24.7 Å². The summed E-state index contributed by atoms with van der Waals surface area (Å²) in [6, 6.07) is 1.90. The van der Waals surface area contributed by atoms with E-state index in [2.05, 4.69) is 4.98 Å². The van der Waals surface area contributed by atoms with Crippen LogP contribution in [0, 0.1) is 5.92 Å². The van der Waals surface area contributed by atoms with Crippen molar-refractivity contribution >= 4 is 44.8 Å². The summed E-state index contributed by atoms with van der Waals surface area (Å²) >= 11 is 7.69. The van der Waals surface area contributed by atoms with E-state index in [-0.39, 0.29) is 5.91 Å². The molecule has 2 aromatic rings. The molecule has 0 saturated carbocycles. The Morgan fingerprint density at radius 2 is 2.40 bits per heavy atom. The lowest BCUT2D eigenvalue weighted by Crippen LogP contribution is -2.33. The summed E-state index contributed by atoms with van der Waals surface area (Å²) in [5.41, 5.74) is 6.18. The van der Waals surface area contributed by atoms with Crippen LogP contribution >= 0.6 is 22.9 Å². The van der Waals surface area contributed by atoms with Crippen LogP contribution in [0.25, 0.3) is 10.1 Å². The Kier molecular flexibility index (Phi) is 3.35. The van der Waals surface area contributed by atoms with Crippen molar-refractivity contribution in [3.05, 3.63) is 28.4 Å². The molecule has 3 rings (SSSR count). The molecule has 2 aromatic heterocycles. The maximum absolute atomic E-state index is 12.1. The van der Waals surface area contributed by atoms with E-state index in [4.69, 9.17) is 17.3 Å². The lowest BCUT2D eigenvalue weighted by molar-refractivity contribution is -0.136. The number of hydrogen-bond acceptors (Lipinski definition) is 4. The summed E-state index contributed by atoms with van der Waals surface area (Å²) in [5.74, 6) is -1.43. The lowest BCUT2D eigenvalue weighted by atomic mass is 10.1. The fourth-order valence-electron chi connectivity index (χ4n) is 2.48. The SMILES string of the molecule is NC(=O)C1CCN(Cc2csc3ccnc(Cl)c23)C1=O. The Labute approximate surface area is 124 Å². The maximum Gasteiger partial charge on any atom is 0.235 e. The Morgan fingerprint density at radius 1 is 1.60 bits per heavy atom. The molecule has 3 heterocycles. The van der Waals surface area contributed by atoms with Gasteiger partial charge in [0.05, 0.1) is 0 Å². The molecule has 104 valence electrons. The minimum absolute atomic E-state index is 0.197. The van der Waals surface area contributed by atoms with Gasteiger partial charge in [0.25, 0.3) is 0 Å². The zero-order valence-corrected chi connectivity index (χ0v) is 12.1. The number of pyridine rings is 1. The van der Waals surface area contributed by atoms with Gasteiger partial charge in [-0.3, -0.25) is 9.59 Å². The van der Waals surface area contributed by atoms with Crippen molar-refractivity contribution in [2.45, 2.75) is 13.0 Å². The summed E-state index contributed by atoms with van der Waals surface area (Å²) < 4.78 is 1.04. The molecule has 0 bridgehead atoms. The molecule has 1 saturated heterocycles. The highest BCUT2D eigenvalue weighted by molar-refractivity contribution is 7.17. The Hall–Kier alpha value is -1.66. The van der Waals surface area contributed by atoms with E-state index < -0.39 is 11.8 Å². The number of thiophene rings is 1. The smallest absolute Gasteiger partial charge is 0.235 e. The zero-order valence-electron chi connectivity index (χ0n) is 10.5. The number of carbonyl (C=O) groups excluding carboxylic acids is 2. The lowest BCUT2D eigenvalue weighted by Gasteiger charge is -2.15. The van der Waals surface area contributed by atoms with Crippen molar-refractivity contribution in [3.8, 4) is 0 Å². The van der Waals surface area contributed by atoms with Crippen molar-refractivity contribution in [2.24, 2.45) is 11.7 Å². The van der Waals surface area contributed by atoms with Crippen LogP contribution in [0.2, 0.25) is 5.15 Å². The van der Waals surface area contributed by atoms with Crippen LogP contribution < -0.4 is 5.73 Å². The van der Waals surface area contributed by atoms with Crippen molar-refractivity contribution in [3.63, 3.8) is 0 Å². The predicted molar refractivity (Wildman–Crippen MR) is 77.3 cm³/mol. The first-order chi connectivity index (χ1) is 9.58. The van der Waals surface area contributed by atoms with Crippen LogP contribution in [0.4, 0.5) is 0 Å². The number of amides is 2. The van der Waals surface area contributed by atoms with Crippen molar-refractivity contribution < 1.29 is 9.59 Å². The average molecular weight is 310 g/mol. The van der Waals surface area contributed by atoms with Crippen LogP contribution in [-0.4, -0.2) is 28.2 Å². The molecule has 0 aromatic carbocycles. The van der Waals surface area contributed by atoms with E-state index in [1.807, 2.05) is 11.4 Å². The summed E-state index contributed by atoms with van der Waals surface area (Å²) in [5, 5.41) is 3.30. The Balaban J connectivity index is 1.88. The number of hydrogen-bond donors (Lipinski definition) is 1. The number of nitrogens with two attached hydrogens (primary N) is 1. The maximum atomic E-state index is 12.1. The molecule has 1 fully saturated rings. The molecular weight excluding hydrogens is 298 g/mol. The van der Waals surface area contributed by atoms with Gasteiger partial charge in [0.1, 0.15) is 11.1 Å². The van der Waals surface area contributed by atoms with Crippen molar-refractivity contribution in [1.29, 1.82) is 0 Å². The van der Waals surface area contributed by atoms with Crippen molar-refractivity contribution in [2.75, 3.05) is 6.54 Å². The number of halogens is 1. The fourth-order valence-corrected chi connectivity index (χ4v) is 3.77. The van der Waals surface area contributed by atoms with Crippen LogP contribution in [0.1, 0.15) is 12.0 Å². The third-order valence-corrected chi connectivity index (χ3v) is 4.80. The van der Waals surface area contributed by atoms with E-state index in [9.17, 15) is 9.59 Å². The van der Waals surface area contributed by atoms with Gasteiger partial charge in [-0.25, -0.2) is 4.98 Å². The number of rotatable bonds is 3. The summed E-state index contributed by atoms with van der Waals surface area (Å²) in [6.45, 7) is 0.982. The number of likely N-dealkylation sites (tertiary alicyclic amines) is 1. The average Bonchev–Trinajstić information content (AvgIpc) is 2.96. The topological polar surface area (TPSA) is 76.3 Å². The van der Waals surface area contributed by atoms with Crippen molar-refractivity contribution in [1.82, 2.24) is 9.88 Å². The van der Waals surface area contributed by atoms with Gasteiger partial charge in [-0.1, -0.05) is 11.6 Å². The zero-order chi connectivity index (χ0) is 14.3. The molecule has 1 atom stereocenters. The number of nitrogens with zero attached hydrogens (tertiary/aromatic N) is 2. The predicted octanol–water partition coefficient (Wildman–Crippen LogP) is 1.78. The molecule has 7 heteroatoms. The number of aromatic nitrogens is 1. The number of carbonyl (C=O) groups is 2. The third kappa shape index (κ3) is 2.14. The number of primary amides is 1. The molecule has 2 N–H and O–H groups in total. The van der Waals surface area contributed by atoms with Gasteiger partial charge in [0.15, 0.2) is 0 Å². The van der Waals surface area contributed by atoms with Crippen LogP contribution in [0.5, 0.6) is 0 Å². The van der Waals surface area contributed by atoms with E-state index >= 15 is 0 Å². The van der Waals surface area contributed by atoms with Gasteiger partial charge < -0.3 is 10.6 Å². The van der Waals surface area contributed by atoms with E-state index in [0.717, 1.165) is 15.6 Å². The van der Waals surface area contributed by atoms with E-state index in [1.54, 1.807) is 22.4 Å². The monoisotopic (exact) mass is 309 g/mol. The summed E-state index contributed by atoms with van der Waals surface area (Å²) in [6.07, 6.45) is 2.15. The molecule has 2 amide bonds. The highest BCUT2D eigenvalue weighted by Gasteiger charge is 2.35. The van der Waals surface area contributed by atoms with E-state index in [1.165, 1.54) is 0 Å². The Bertz CT molecular complexity index is 700. The highest BCUT2D eigenvalue weighted by atomic mass is 35.5. The molecule has 5 nitrogen and oxygen atoms in total. The largest absolute Gasteiger partial charge is 0.369 e. The third-order valence-electron chi connectivity index (χ3n) is 3.52. The molecule has 0 radical (unpaired) electrons. The molecule has 0 spiro atoms. The second-order valence-electron chi connectivity index (χ2n) is 4.74. The quantitative estimate of drug-likeness (QED) is 0.693. The van der Waals surface area contributed by atoms with Gasteiger partial charge in [0, 0.05) is 29.4 Å². The van der Waals surface area contributed by atoms with Gasteiger partial charge >= 0.3 is 0 Å². The minimum Gasteiger partial charge on any atom is -0.369 e. The molecule has 1 unspecified atom stereocenters. The first-order valence-corrected chi connectivity index (χ1v) is 7.42. The molecule has 0 aliphatic carbocycles. The minimum atomic E-state index is -0.687. The second-order valence-corrected chi connectivity index (χ2v) is 6.01. The van der Waals surface area contributed by atoms with Gasteiger partial charge in [-0.2, -0.15) is 0 Å². The highest BCUT2D eigenvalue weighted by Crippen LogP contribution is 2.32. The molecule has 20 heavy (non-hydrogen) atoms. The molecule has 1 aliphatic heterocycles. The van der Waals surface area contributed by atoms with Crippen LogP contribution in [0.15, 0.2) is 17.6 Å². The first-order valence-electron chi connectivity index (χ1n) is 6.16. The number of fused-ring (bicyclic) bond motifs is 1. The van der Waals surface area contributed by atoms with Crippen LogP contribution in [0.3, 0.4) is 0 Å². The normalized spacial score (nSPS) is 18.9. The van der Waals surface area contributed by atoms with Gasteiger partial charge in [0.2, 0.25) is 11.8 Å². The fraction of sp³-hybridized carbons (Fsp3) is 0.308. The molecular formula is C13H12ClN3O2S. The first kappa shape index (κ1) is 13.3. The van der Waals surface area contributed by atoms with Gasteiger partial charge in [-0.15, -0.1) is 11.3 Å². The summed E-state index contributed by atoms with van der Waals surface area (Å²) in [4.78, 5) is 29.0. The standard InChI is InChI=1S/C13H12ClN3O2S/c14-11-10-7(6-20-9(10)1-3-16-11)5-17-4-2-8(12(15)18)13(17)19/h1,3,6,8H,2,4-5H2,(H2,15,18). The molecule has 1 aliphatic rings. The van der Waals surface area contributed by atoms with Crippen LogP contribution in [-0.2, 0) is 16.1 Å². The summed E-state index contributed by atoms with van der Waals surface area (Å²) in [7, 11) is 0. The van der Waals surface area contributed by atoms with Gasteiger partial charge in [-0.05, 0) is 23.4 Å².